The van der Waals surface area contributed by atoms with Crippen molar-refractivity contribution in [1.82, 2.24) is 5.43 Å². The highest BCUT2D eigenvalue weighted by atomic mass is 79.9. The number of nitrogens with zero attached hydrogens (tertiary/aromatic N) is 1. The van der Waals surface area contributed by atoms with Gasteiger partial charge in [0, 0.05) is 10.2 Å². The number of rotatable bonds is 7. The molecule has 0 saturated carbocycles. The topological polar surface area (TPSA) is 126 Å². The van der Waals surface area contributed by atoms with Gasteiger partial charge in [-0.25, -0.2) is 10.2 Å². The first-order valence-corrected chi connectivity index (χ1v) is 12.4. The first kappa shape index (κ1) is 27.0. The molecular weight excluding hydrogens is 564 g/mol. The number of ether oxygens (including phenoxy) is 1. The third-order valence-corrected chi connectivity index (χ3v) is 5.74. The second-order valence-electron chi connectivity index (χ2n) is 7.98. The Hall–Kier alpha value is -5.09. The smallest absolute Gasteiger partial charge is 0.343 e. The molecular formula is C29H21BrN4O5. The van der Waals surface area contributed by atoms with Crippen molar-refractivity contribution in [1.29, 1.82) is 0 Å². The number of para-hydroxylation sites is 2. The van der Waals surface area contributed by atoms with Crippen LogP contribution in [0.15, 0.2) is 113 Å². The van der Waals surface area contributed by atoms with Crippen LogP contribution in [0.25, 0.3) is 0 Å². The van der Waals surface area contributed by atoms with E-state index in [2.05, 4.69) is 37.1 Å². The van der Waals surface area contributed by atoms with E-state index in [4.69, 9.17) is 4.74 Å². The summed E-state index contributed by atoms with van der Waals surface area (Å²) >= 11 is 3.31. The zero-order valence-corrected chi connectivity index (χ0v) is 21.8. The van der Waals surface area contributed by atoms with Crippen molar-refractivity contribution in [2.75, 3.05) is 10.6 Å². The van der Waals surface area contributed by atoms with Crippen LogP contribution in [0.4, 0.5) is 11.4 Å². The van der Waals surface area contributed by atoms with E-state index in [1.165, 1.54) is 18.3 Å². The van der Waals surface area contributed by atoms with Gasteiger partial charge in [-0.15, -0.1) is 0 Å². The molecule has 0 heterocycles. The lowest BCUT2D eigenvalue weighted by Crippen LogP contribution is -2.33. The Kier molecular flexibility index (Phi) is 8.94. The van der Waals surface area contributed by atoms with Crippen LogP contribution in [0, 0.1) is 0 Å². The number of hydrogen-bond acceptors (Lipinski definition) is 6. The molecule has 10 heteroatoms. The van der Waals surface area contributed by atoms with Crippen molar-refractivity contribution < 1.29 is 23.9 Å². The molecule has 39 heavy (non-hydrogen) atoms. The Morgan fingerprint density at radius 3 is 2.10 bits per heavy atom. The van der Waals surface area contributed by atoms with E-state index < -0.39 is 23.7 Å². The fraction of sp³-hybridized carbons (Fsp3) is 0. The van der Waals surface area contributed by atoms with Crippen LogP contribution in [-0.4, -0.2) is 29.9 Å². The Balaban J connectivity index is 1.30. The van der Waals surface area contributed by atoms with Gasteiger partial charge in [0.05, 0.1) is 23.0 Å². The molecule has 0 unspecified atom stereocenters. The van der Waals surface area contributed by atoms with Crippen molar-refractivity contribution in [3.05, 3.63) is 124 Å². The number of anilines is 2. The van der Waals surface area contributed by atoms with Gasteiger partial charge in [0.1, 0.15) is 5.75 Å². The fourth-order valence-corrected chi connectivity index (χ4v) is 3.54. The molecule has 0 fully saturated rings. The lowest BCUT2D eigenvalue weighted by atomic mass is 10.1. The standard InChI is InChI=1S/C29H21BrN4O5/c30-21-14-12-20(13-15-21)29(38)39-23-16-10-19(11-17-23)18-31-34-28(37)27(36)33-25-9-5-4-8-24(25)26(35)32-22-6-2-1-3-7-22/h1-18H,(H,32,35)(H,33,36)(H,34,37)/b31-18-. The van der Waals surface area contributed by atoms with Crippen LogP contribution >= 0.6 is 15.9 Å². The molecule has 194 valence electrons. The molecule has 0 atom stereocenters. The molecule has 0 saturated heterocycles. The van der Waals surface area contributed by atoms with Gasteiger partial charge in [0.2, 0.25) is 0 Å². The maximum absolute atomic E-state index is 12.7. The summed E-state index contributed by atoms with van der Waals surface area (Å²) in [4.78, 5) is 49.5. The highest BCUT2D eigenvalue weighted by Crippen LogP contribution is 2.18. The second kappa shape index (κ2) is 12.9. The molecule has 3 amide bonds. The van der Waals surface area contributed by atoms with Crippen molar-refractivity contribution in [2.24, 2.45) is 5.10 Å². The number of amides is 3. The Morgan fingerprint density at radius 2 is 1.38 bits per heavy atom. The average Bonchev–Trinajstić information content (AvgIpc) is 2.95. The maximum Gasteiger partial charge on any atom is 0.343 e. The van der Waals surface area contributed by atoms with Crippen molar-refractivity contribution in [3.63, 3.8) is 0 Å². The van der Waals surface area contributed by atoms with Crippen LogP contribution < -0.4 is 20.8 Å². The third kappa shape index (κ3) is 7.70. The molecule has 0 bridgehead atoms. The minimum absolute atomic E-state index is 0.170. The van der Waals surface area contributed by atoms with Gasteiger partial charge in [0.25, 0.3) is 5.91 Å². The van der Waals surface area contributed by atoms with Gasteiger partial charge >= 0.3 is 17.8 Å². The summed E-state index contributed by atoms with van der Waals surface area (Å²) in [7, 11) is 0. The number of hydrogen-bond donors (Lipinski definition) is 3. The first-order valence-electron chi connectivity index (χ1n) is 11.6. The van der Waals surface area contributed by atoms with Crippen LogP contribution in [0.5, 0.6) is 5.75 Å². The van der Waals surface area contributed by atoms with Crippen molar-refractivity contribution >= 4 is 57.2 Å². The molecule has 0 aliphatic carbocycles. The third-order valence-electron chi connectivity index (χ3n) is 5.21. The van der Waals surface area contributed by atoms with Crippen LogP contribution in [0.1, 0.15) is 26.3 Å². The number of esters is 1. The number of carbonyl (C=O) groups excluding carboxylic acids is 4. The molecule has 0 aliphatic heterocycles. The maximum atomic E-state index is 12.7. The van der Waals surface area contributed by atoms with E-state index in [0.717, 1.165) is 4.47 Å². The number of halogens is 1. The highest BCUT2D eigenvalue weighted by Gasteiger charge is 2.18. The summed E-state index contributed by atoms with van der Waals surface area (Å²) in [6.45, 7) is 0. The number of hydrazone groups is 1. The fourth-order valence-electron chi connectivity index (χ4n) is 3.28. The molecule has 4 rings (SSSR count). The van der Waals surface area contributed by atoms with E-state index in [1.807, 2.05) is 6.07 Å². The molecule has 0 aliphatic rings. The molecule has 4 aromatic rings. The van der Waals surface area contributed by atoms with Gasteiger partial charge in [-0.05, 0) is 78.4 Å². The normalized spacial score (nSPS) is 10.5. The van der Waals surface area contributed by atoms with Crippen LogP contribution in [-0.2, 0) is 9.59 Å². The van der Waals surface area contributed by atoms with Crippen molar-refractivity contribution in [2.45, 2.75) is 0 Å². The predicted molar refractivity (Wildman–Crippen MR) is 151 cm³/mol. The van der Waals surface area contributed by atoms with Gasteiger partial charge in [-0.2, -0.15) is 5.10 Å². The highest BCUT2D eigenvalue weighted by molar-refractivity contribution is 9.10. The summed E-state index contributed by atoms with van der Waals surface area (Å²) in [6, 6.07) is 28.3. The Bertz CT molecular complexity index is 1520. The monoisotopic (exact) mass is 584 g/mol. The quantitative estimate of drug-likeness (QED) is 0.0925. The van der Waals surface area contributed by atoms with E-state index >= 15 is 0 Å². The largest absolute Gasteiger partial charge is 0.423 e. The van der Waals surface area contributed by atoms with Crippen LogP contribution in [0.3, 0.4) is 0 Å². The number of nitrogens with one attached hydrogen (secondary N) is 3. The molecule has 0 aromatic heterocycles. The summed E-state index contributed by atoms with van der Waals surface area (Å²) in [5, 5.41) is 8.95. The SMILES string of the molecule is O=C(N/N=C\c1ccc(OC(=O)c2ccc(Br)cc2)cc1)C(=O)Nc1ccccc1C(=O)Nc1ccccc1. The van der Waals surface area contributed by atoms with E-state index in [0.29, 0.717) is 22.6 Å². The molecule has 0 spiro atoms. The molecule has 9 nitrogen and oxygen atoms in total. The van der Waals surface area contributed by atoms with Gasteiger partial charge in [-0.1, -0.05) is 46.3 Å². The summed E-state index contributed by atoms with van der Waals surface area (Å²) in [5.41, 5.74) is 4.08. The summed E-state index contributed by atoms with van der Waals surface area (Å²) in [6.07, 6.45) is 1.33. The van der Waals surface area contributed by atoms with Gasteiger partial charge in [-0.3, -0.25) is 14.4 Å². The molecule has 3 N–H and O–H groups in total. The van der Waals surface area contributed by atoms with Crippen molar-refractivity contribution in [3.8, 4) is 5.75 Å². The molecule has 4 aromatic carbocycles. The minimum Gasteiger partial charge on any atom is -0.423 e. The van der Waals surface area contributed by atoms with E-state index in [9.17, 15) is 19.2 Å². The summed E-state index contributed by atoms with van der Waals surface area (Å²) in [5.74, 6) is -2.63. The van der Waals surface area contributed by atoms with E-state index in [1.54, 1.807) is 84.9 Å². The zero-order valence-electron chi connectivity index (χ0n) is 20.3. The summed E-state index contributed by atoms with van der Waals surface area (Å²) < 4.78 is 6.19. The molecule has 0 radical (unpaired) electrons. The van der Waals surface area contributed by atoms with Gasteiger partial charge in [0.15, 0.2) is 0 Å². The Morgan fingerprint density at radius 1 is 0.718 bits per heavy atom. The first-order chi connectivity index (χ1) is 18.9. The lowest BCUT2D eigenvalue weighted by Gasteiger charge is -2.11. The average molecular weight is 585 g/mol. The van der Waals surface area contributed by atoms with E-state index in [-0.39, 0.29) is 11.3 Å². The lowest BCUT2D eigenvalue weighted by molar-refractivity contribution is -0.136. The number of carbonyl (C=O) groups is 4. The minimum atomic E-state index is -1.02. The predicted octanol–water partition coefficient (Wildman–Crippen LogP) is 5.01. The second-order valence-corrected chi connectivity index (χ2v) is 8.90. The zero-order chi connectivity index (χ0) is 27.6. The van der Waals surface area contributed by atoms with Gasteiger partial charge < -0.3 is 15.4 Å². The Labute approximate surface area is 232 Å². The van der Waals surface area contributed by atoms with Crippen LogP contribution in [0.2, 0.25) is 0 Å². The number of benzene rings is 4.